The van der Waals surface area contributed by atoms with Gasteiger partial charge in [0.1, 0.15) is 5.69 Å². The number of hydrogen-bond donors (Lipinski definition) is 1. The summed E-state index contributed by atoms with van der Waals surface area (Å²) in [5, 5.41) is 6.07. The average molecular weight is 368 g/mol. The van der Waals surface area contributed by atoms with Crippen LogP contribution in [-0.2, 0) is 13.0 Å². The van der Waals surface area contributed by atoms with Crippen molar-refractivity contribution < 1.29 is 4.79 Å². The summed E-state index contributed by atoms with van der Waals surface area (Å²) in [5.41, 5.74) is 7.21. The summed E-state index contributed by atoms with van der Waals surface area (Å²) in [6.45, 7) is 1.14. The van der Waals surface area contributed by atoms with E-state index in [1.807, 2.05) is 24.6 Å². The minimum atomic E-state index is -0.0465. The molecule has 0 spiro atoms. The third-order valence-electron chi connectivity index (χ3n) is 3.44. The number of thiophene rings is 1. The molecule has 0 saturated heterocycles. The maximum Gasteiger partial charge on any atom is 0.273 e. The standard InChI is InChI=1S/C16H17N3OS2.ClH/c1-19(16(20)13-10-22-15(18-13)6-7-17)8-11-9-21-14-5-3-2-4-12(11)14;/h2-5,9-10H,6-8,17H2,1H3;1H. The van der Waals surface area contributed by atoms with Crippen molar-refractivity contribution in [1.29, 1.82) is 0 Å². The van der Waals surface area contributed by atoms with Gasteiger partial charge < -0.3 is 10.6 Å². The van der Waals surface area contributed by atoms with Crippen molar-refractivity contribution in [3.05, 3.63) is 51.3 Å². The second-order valence-corrected chi connectivity index (χ2v) is 6.94. The van der Waals surface area contributed by atoms with Gasteiger partial charge in [0.2, 0.25) is 0 Å². The molecule has 2 aromatic heterocycles. The molecule has 4 nitrogen and oxygen atoms in total. The third kappa shape index (κ3) is 3.90. The fraction of sp³-hybridized carbons (Fsp3) is 0.250. The fourth-order valence-electron chi connectivity index (χ4n) is 2.33. The van der Waals surface area contributed by atoms with Crippen molar-refractivity contribution in [2.75, 3.05) is 13.6 Å². The molecule has 7 heteroatoms. The van der Waals surface area contributed by atoms with Crippen LogP contribution >= 0.6 is 35.1 Å². The summed E-state index contributed by atoms with van der Waals surface area (Å²) in [4.78, 5) is 18.5. The van der Waals surface area contributed by atoms with Crippen molar-refractivity contribution in [3.8, 4) is 0 Å². The van der Waals surface area contributed by atoms with Crippen LogP contribution in [0, 0.1) is 0 Å². The number of carbonyl (C=O) groups is 1. The van der Waals surface area contributed by atoms with Crippen LogP contribution in [0.3, 0.4) is 0 Å². The quantitative estimate of drug-likeness (QED) is 0.750. The van der Waals surface area contributed by atoms with Crippen LogP contribution in [0.5, 0.6) is 0 Å². The van der Waals surface area contributed by atoms with E-state index < -0.39 is 0 Å². The lowest BCUT2D eigenvalue weighted by Crippen LogP contribution is -2.26. The van der Waals surface area contributed by atoms with Gasteiger partial charge in [0.05, 0.1) is 5.01 Å². The summed E-state index contributed by atoms with van der Waals surface area (Å²) in [5.74, 6) is -0.0465. The summed E-state index contributed by atoms with van der Waals surface area (Å²) in [6, 6.07) is 8.26. The molecule has 0 saturated carbocycles. The molecule has 0 aliphatic heterocycles. The first-order valence-corrected chi connectivity index (χ1v) is 8.80. The number of carbonyl (C=O) groups excluding carboxylic acids is 1. The lowest BCUT2D eigenvalue weighted by Gasteiger charge is -2.15. The molecule has 0 aliphatic carbocycles. The number of halogens is 1. The highest BCUT2D eigenvalue weighted by atomic mass is 35.5. The zero-order valence-electron chi connectivity index (χ0n) is 12.7. The smallest absolute Gasteiger partial charge is 0.273 e. The van der Waals surface area contributed by atoms with Crippen molar-refractivity contribution in [3.63, 3.8) is 0 Å². The van der Waals surface area contributed by atoms with Gasteiger partial charge in [-0.25, -0.2) is 4.98 Å². The Bertz CT molecular complexity index is 799. The molecule has 122 valence electrons. The predicted octanol–water partition coefficient (Wildman–Crippen LogP) is 3.55. The van der Waals surface area contributed by atoms with E-state index >= 15 is 0 Å². The zero-order chi connectivity index (χ0) is 15.5. The molecule has 3 rings (SSSR count). The fourth-order valence-corrected chi connectivity index (χ4v) is 4.07. The molecule has 0 fully saturated rings. The van der Waals surface area contributed by atoms with Gasteiger partial charge >= 0.3 is 0 Å². The number of thiazole rings is 1. The Morgan fingerprint density at radius 1 is 1.26 bits per heavy atom. The summed E-state index contributed by atoms with van der Waals surface area (Å²) in [6.07, 6.45) is 0.719. The summed E-state index contributed by atoms with van der Waals surface area (Å²) >= 11 is 3.20. The normalized spacial score (nSPS) is 10.5. The molecule has 0 aliphatic rings. The van der Waals surface area contributed by atoms with Gasteiger partial charge in [-0.05, 0) is 28.9 Å². The van der Waals surface area contributed by atoms with Crippen LogP contribution in [0.2, 0.25) is 0 Å². The van der Waals surface area contributed by atoms with Crippen LogP contribution in [0.15, 0.2) is 35.0 Å². The van der Waals surface area contributed by atoms with Gasteiger partial charge in [-0.2, -0.15) is 0 Å². The molecule has 2 N–H and O–H groups in total. The number of nitrogens with zero attached hydrogens (tertiary/aromatic N) is 2. The molecule has 0 radical (unpaired) electrons. The van der Waals surface area contributed by atoms with Gasteiger partial charge in [-0.3, -0.25) is 4.79 Å². The van der Waals surface area contributed by atoms with Crippen LogP contribution in [0.4, 0.5) is 0 Å². The van der Waals surface area contributed by atoms with Crippen molar-refractivity contribution >= 4 is 51.1 Å². The van der Waals surface area contributed by atoms with Crippen LogP contribution in [0.1, 0.15) is 21.1 Å². The van der Waals surface area contributed by atoms with E-state index in [9.17, 15) is 4.79 Å². The maximum absolute atomic E-state index is 12.5. The highest BCUT2D eigenvalue weighted by Crippen LogP contribution is 2.26. The van der Waals surface area contributed by atoms with Crippen LogP contribution < -0.4 is 5.73 Å². The maximum atomic E-state index is 12.5. The number of benzene rings is 1. The van der Waals surface area contributed by atoms with Crippen molar-refractivity contribution in [2.45, 2.75) is 13.0 Å². The highest BCUT2D eigenvalue weighted by Gasteiger charge is 2.17. The third-order valence-corrected chi connectivity index (χ3v) is 5.37. The number of amides is 1. The van der Waals surface area contributed by atoms with E-state index in [4.69, 9.17) is 5.73 Å². The molecule has 23 heavy (non-hydrogen) atoms. The van der Waals surface area contributed by atoms with E-state index in [-0.39, 0.29) is 18.3 Å². The molecule has 0 atom stereocenters. The number of aromatic nitrogens is 1. The van der Waals surface area contributed by atoms with E-state index in [1.54, 1.807) is 16.2 Å². The number of hydrogen-bond acceptors (Lipinski definition) is 5. The summed E-state index contributed by atoms with van der Waals surface area (Å²) < 4.78 is 1.25. The van der Waals surface area contributed by atoms with Gasteiger partial charge in [0.15, 0.2) is 0 Å². The second-order valence-electron chi connectivity index (χ2n) is 5.08. The first-order chi connectivity index (χ1) is 10.7. The molecular weight excluding hydrogens is 350 g/mol. The first kappa shape index (κ1) is 17.9. The SMILES string of the molecule is CN(Cc1csc2ccccc12)C(=O)c1csc(CCN)n1.Cl. The summed E-state index contributed by atoms with van der Waals surface area (Å²) in [7, 11) is 1.82. The molecular formula is C16H18ClN3OS2. The van der Waals surface area contributed by atoms with E-state index in [1.165, 1.54) is 27.0 Å². The Balaban J connectivity index is 0.00000192. The van der Waals surface area contributed by atoms with Gasteiger partial charge in [-0.15, -0.1) is 35.1 Å². The lowest BCUT2D eigenvalue weighted by molar-refractivity contribution is 0.0780. The number of nitrogens with two attached hydrogens (primary N) is 1. The van der Waals surface area contributed by atoms with Crippen molar-refractivity contribution in [1.82, 2.24) is 9.88 Å². The minimum Gasteiger partial charge on any atom is -0.336 e. The molecule has 3 aromatic rings. The zero-order valence-corrected chi connectivity index (χ0v) is 15.1. The Labute approximate surface area is 149 Å². The number of rotatable bonds is 5. The van der Waals surface area contributed by atoms with Crippen molar-refractivity contribution in [2.24, 2.45) is 5.73 Å². The molecule has 0 unspecified atom stereocenters. The minimum absolute atomic E-state index is 0. The predicted molar refractivity (Wildman–Crippen MR) is 99.7 cm³/mol. The van der Waals surface area contributed by atoms with Crippen LogP contribution in [0.25, 0.3) is 10.1 Å². The Hall–Kier alpha value is -1.47. The van der Waals surface area contributed by atoms with Crippen LogP contribution in [-0.4, -0.2) is 29.4 Å². The van der Waals surface area contributed by atoms with Gasteiger partial charge in [0.25, 0.3) is 5.91 Å². The Morgan fingerprint density at radius 3 is 2.83 bits per heavy atom. The number of fused-ring (bicyclic) bond motifs is 1. The molecule has 2 heterocycles. The Kier molecular flexibility index (Phi) is 6.12. The largest absolute Gasteiger partial charge is 0.336 e. The van der Waals surface area contributed by atoms with Gasteiger partial charge in [-0.1, -0.05) is 18.2 Å². The van der Waals surface area contributed by atoms with E-state index in [0.29, 0.717) is 18.8 Å². The first-order valence-electron chi connectivity index (χ1n) is 7.04. The molecule has 1 aromatic carbocycles. The lowest BCUT2D eigenvalue weighted by atomic mass is 10.1. The topological polar surface area (TPSA) is 59.2 Å². The van der Waals surface area contributed by atoms with E-state index in [0.717, 1.165) is 11.4 Å². The highest BCUT2D eigenvalue weighted by molar-refractivity contribution is 7.17. The Morgan fingerprint density at radius 2 is 2.04 bits per heavy atom. The molecule has 0 bridgehead atoms. The monoisotopic (exact) mass is 367 g/mol. The average Bonchev–Trinajstić information content (AvgIpc) is 3.15. The second kappa shape index (κ2) is 7.88. The molecule has 1 amide bonds. The van der Waals surface area contributed by atoms with Gasteiger partial charge in [0, 0.05) is 30.1 Å². The van der Waals surface area contributed by atoms with E-state index in [2.05, 4.69) is 22.5 Å².